The van der Waals surface area contributed by atoms with Crippen molar-refractivity contribution >= 4 is 29.5 Å². The van der Waals surface area contributed by atoms with Gasteiger partial charge in [0.1, 0.15) is 13.2 Å². The van der Waals surface area contributed by atoms with E-state index in [1.165, 1.54) is 6.21 Å². The van der Waals surface area contributed by atoms with Crippen LogP contribution in [0.25, 0.3) is 0 Å². The number of fused-ring (bicyclic) bond motifs is 1. The first-order chi connectivity index (χ1) is 11.2. The zero-order valence-corrected chi connectivity index (χ0v) is 12.8. The molecule has 0 saturated carbocycles. The summed E-state index contributed by atoms with van der Waals surface area (Å²) in [6.07, 6.45) is 1.48. The number of urea groups is 1. The number of nitrogens with zero attached hydrogens (tertiary/aromatic N) is 1. The first kappa shape index (κ1) is 15.2. The second-order valence-electron chi connectivity index (χ2n) is 4.72. The fourth-order valence-corrected chi connectivity index (χ4v) is 2.32. The lowest BCUT2D eigenvalue weighted by Gasteiger charge is -2.19. The van der Waals surface area contributed by atoms with Crippen LogP contribution in [0.4, 0.5) is 10.5 Å². The van der Waals surface area contributed by atoms with Gasteiger partial charge in [0, 0.05) is 5.69 Å². The van der Waals surface area contributed by atoms with Crippen LogP contribution < -0.4 is 20.2 Å². The molecule has 1 aliphatic heterocycles. The highest BCUT2D eigenvalue weighted by molar-refractivity contribution is 6.32. The summed E-state index contributed by atoms with van der Waals surface area (Å²) in [5.74, 6) is 1.10. The van der Waals surface area contributed by atoms with Crippen molar-refractivity contribution in [3.63, 3.8) is 0 Å². The van der Waals surface area contributed by atoms with Crippen LogP contribution in [0.3, 0.4) is 0 Å². The van der Waals surface area contributed by atoms with Crippen molar-refractivity contribution in [1.82, 2.24) is 5.43 Å². The fourth-order valence-electron chi connectivity index (χ4n) is 2.05. The Morgan fingerprint density at radius 1 is 1.17 bits per heavy atom. The van der Waals surface area contributed by atoms with E-state index < -0.39 is 6.03 Å². The molecule has 0 saturated heterocycles. The molecule has 0 unspecified atom stereocenters. The summed E-state index contributed by atoms with van der Waals surface area (Å²) in [4.78, 5) is 11.7. The Labute approximate surface area is 138 Å². The predicted octanol–water partition coefficient (Wildman–Crippen LogP) is 3.27. The summed E-state index contributed by atoms with van der Waals surface area (Å²) >= 11 is 6.13. The molecule has 2 aromatic carbocycles. The van der Waals surface area contributed by atoms with Gasteiger partial charge < -0.3 is 14.8 Å². The second kappa shape index (κ2) is 7.02. The van der Waals surface area contributed by atoms with Gasteiger partial charge in [-0.15, -0.1) is 0 Å². The number of rotatable bonds is 3. The minimum absolute atomic E-state index is 0.434. The molecule has 1 heterocycles. The van der Waals surface area contributed by atoms with Crippen LogP contribution >= 0.6 is 11.6 Å². The third kappa shape index (κ3) is 3.92. The topological polar surface area (TPSA) is 72.0 Å². The van der Waals surface area contributed by atoms with Gasteiger partial charge in [-0.3, -0.25) is 0 Å². The molecule has 0 aromatic heterocycles. The molecule has 0 radical (unpaired) electrons. The van der Waals surface area contributed by atoms with E-state index in [-0.39, 0.29) is 0 Å². The fraction of sp³-hybridized carbons (Fsp3) is 0.125. The number of ether oxygens (including phenoxy) is 2. The van der Waals surface area contributed by atoms with Crippen LogP contribution in [0.2, 0.25) is 5.02 Å². The van der Waals surface area contributed by atoms with Gasteiger partial charge in [0.15, 0.2) is 11.5 Å². The van der Waals surface area contributed by atoms with E-state index in [1.54, 1.807) is 24.3 Å². The molecule has 0 fully saturated rings. The van der Waals surface area contributed by atoms with Gasteiger partial charge >= 0.3 is 6.03 Å². The third-order valence-corrected chi connectivity index (χ3v) is 3.31. The number of hydrogen-bond donors (Lipinski definition) is 2. The molecule has 3 rings (SSSR count). The Hall–Kier alpha value is -2.73. The molecular formula is C16H14ClN3O3. The lowest BCUT2D eigenvalue weighted by molar-refractivity contribution is 0.171. The number of carbonyl (C=O) groups is 1. The standard InChI is InChI=1S/C16H14ClN3O3/c17-13-8-11(9-14-15(13)23-7-6-22-14)10-18-20-16(21)19-12-4-2-1-3-5-12/h1-5,8-10H,6-7H2,(H2,19,20,21)/b18-10-. The van der Waals surface area contributed by atoms with E-state index in [2.05, 4.69) is 15.8 Å². The first-order valence-electron chi connectivity index (χ1n) is 6.96. The number of para-hydroxylation sites is 1. The van der Waals surface area contributed by atoms with Gasteiger partial charge in [-0.2, -0.15) is 5.10 Å². The number of nitrogens with one attached hydrogen (secondary N) is 2. The number of benzene rings is 2. The van der Waals surface area contributed by atoms with Crippen LogP contribution in [-0.4, -0.2) is 25.5 Å². The predicted molar refractivity (Wildman–Crippen MR) is 88.6 cm³/mol. The van der Waals surface area contributed by atoms with Crippen molar-refractivity contribution in [3.05, 3.63) is 53.1 Å². The molecule has 2 amide bonds. The zero-order valence-electron chi connectivity index (χ0n) is 12.1. The molecule has 0 atom stereocenters. The molecule has 6 nitrogen and oxygen atoms in total. The van der Waals surface area contributed by atoms with Crippen molar-refractivity contribution in [3.8, 4) is 11.5 Å². The first-order valence-corrected chi connectivity index (χ1v) is 7.34. The molecule has 0 spiro atoms. The van der Waals surface area contributed by atoms with Gasteiger partial charge in [-0.1, -0.05) is 29.8 Å². The maximum Gasteiger partial charge on any atom is 0.339 e. The van der Waals surface area contributed by atoms with E-state index in [4.69, 9.17) is 21.1 Å². The van der Waals surface area contributed by atoms with Crippen LogP contribution in [0, 0.1) is 0 Å². The maximum atomic E-state index is 11.7. The van der Waals surface area contributed by atoms with Gasteiger partial charge in [-0.25, -0.2) is 10.2 Å². The van der Waals surface area contributed by atoms with Crippen LogP contribution in [0.15, 0.2) is 47.6 Å². The van der Waals surface area contributed by atoms with E-state index in [1.807, 2.05) is 18.2 Å². The highest BCUT2D eigenvalue weighted by Crippen LogP contribution is 2.37. The molecule has 7 heteroatoms. The summed E-state index contributed by atoms with van der Waals surface area (Å²) in [5, 5.41) is 6.98. The quantitative estimate of drug-likeness (QED) is 0.669. The maximum absolute atomic E-state index is 11.7. The lowest BCUT2D eigenvalue weighted by atomic mass is 10.2. The summed E-state index contributed by atoms with van der Waals surface area (Å²) in [7, 11) is 0. The average molecular weight is 332 g/mol. The summed E-state index contributed by atoms with van der Waals surface area (Å²) in [6.45, 7) is 0.947. The van der Waals surface area contributed by atoms with E-state index in [0.29, 0.717) is 41.0 Å². The minimum Gasteiger partial charge on any atom is -0.486 e. The minimum atomic E-state index is -0.434. The molecule has 2 aromatic rings. The Kier molecular flexibility index (Phi) is 4.63. The Morgan fingerprint density at radius 3 is 2.78 bits per heavy atom. The van der Waals surface area contributed by atoms with Crippen molar-refractivity contribution in [1.29, 1.82) is 0 Å². The van der Waals surface area contributed by atoms with Crippen molar-refractivity contribution < 1.29 is 14.3 Å². The SMILES string of the molecule is O=C(N/N=C\c1cc(Cl)c2c(c1)OCCO2)Nc1ccccc1. The summed E-state index contributed by atoms with van der Waals surface area (Å²) in [6, 6.07) is 12.1. The Bertz CT molecular complexity index is 735. The Morgan fingerprint density at radius 2 is 1.96 bits per heavy atom. The highest BCUT2D eigenvalue weighted by atomic mass is 35.5. The molecular weight excluding hydrogens is 318 g/mol. The third-order valence-electron chi connectivity index (χ3n) is 3.03. The van der Waals surface area contributed by atoms with Gasteiger partial charge in [-0.05, 0) is 29.8 Å². The van der Waals surface area contributed by atoms with E-state index in [0.717, 1.165) is 0 Å². The van der Waals surface area contributed by atoms with E-state index in [9.17, 15) is 4.79 Å². The number of anilines is 1. The second-order valence-corrected chi connectivity index (χ2v) is 5.12. The molecule has 1 aliphatic rings. The number of amides is 2. The summed E-state index contributed by atoms with van der Waals surface area (Å²) in [5.41, 5.74) is 3.76. The lowest BCUT2D eigenvalue weighted by Crippen LogP contribution is -2.24. The monoisotopic (exact) mass is 331 g/mol. The summed E-state index contributed by atoms with van der Waals surface area (Å²) < 4.78 is 10.9. The normalized spacial score (nSPS) is 12.9. The van der Waals surface area contributed by atoms with Crippen molar-refractivity contribution in [2.75, 3.05) is 18.5 Å². The number of hydrazone groups is 1. The van der Waals surface area contributed by atoms with Crippen molar-refractivity contribution in [2.45, 2.75) is 0 Å². The molecule has 0 bridgehead atoms. The van der Waals surface area contributed by atoms with Crippen LogP contribution in [-0.2, 0) is 0 Å². The molecule has 118 valence electrons. The zero-order chi connectivity index (χ0) is 16.1. The molecule has 2 N–H and O–H groups in total. The Balaban J connectivity index is 1.62. The largest absolute Gasteiger partial charge is 0.486 e. The van der Waals surface area contributed by atoms with Crippen molar-refractivity contribution in [2.24, 2.45) is 5.10 Å². The van der Waals surface area contributed by atoms with Gasteiger partial charge in [0.25, 0.3) is 0 Å². The van der Waals surface area contributed by atoms with E-state index >= 15 is 0 Å². The average Bonchev–Trinajstić information content (AvgIpc) is 2.56. The number of hydrogen-bond acceptors (Lipinski definition) is 4. The number of halogens is 1. The number of carbonyl (C=O) groups excluding carboxylic acids is 1. The van der Waals surface area contributed by atoms with Crippen LogP contribution in [0.5, 0.6) is 11.5 Å². The van der Waals surface area contributed by atoms with Gasteiger partial charge in [0.2, 0.25) is 0 Å². The molecule has 23 heavy (non-hydrogen) atoms. The smallest absolute Gasteiger partial charge is 0.339 e. The van der Waals surface area contributed by atoms with Gasteiger partial charge in [0.05, 0.1) is 11.2 Å². The molecule has 0 aliphatic carbocycles. The van der Waals surface area contributed by atoms with Crippen LogP contribution in [0.1, 0.15) is 5.56 Å². The highest BCUT2D eigenvalue weighted by Gasteiger charge is 2.16.